The Morgan fingerprint density at radius 2 is 0.549 bits per heavy atom. The Labute approximate surface area is 570 Å². The van der Waals surface area contributed by atoms with Gasteiger partial charge in [0.2, 0.25) is 5.91 Å². The molecule has 0 aromatic carbocycles. The summed E-state index contributed by atoms with van der Waals surface area (Å²) in [5.74, 6) is -0.0479. The second-order valence-electron chi connectivity index (χ2n) is 28.8. The van der Waals surface area contributed by atoms with Crippen molar-refractivity contribution < 1.29 is 24.5 Å². The molecular formula is C85H163NO5. The van der Waals surface area contributed by atoms with Crippen molar-refractivity contribution in [2.45, 2.75) is 482 Å². The highest BCUT2D eigenvalue weighted by Gasteiger charge is 2.18. The van der Waals surface area contributed by atoms with Gasteiger partial charge in [0.1, 0.15) is 0 Å². The minimum absolute atomic E-state index is 0.00966. The molecular weight excluding hydrogens is 1110 g/mol. The number of nitrogens with one attached hydrogen (secondary N) is 1. The molecule has 0 aromatic rings. The van der Waals surface area contributed by atoms with E-state index in [-0.39, 0.29) is 18.5 Å². The third-order valence-electron chi connectivity index (χ3n) is 19.7. The fourth-order valence-electron chi connectivity index (χ4n) is 13.3. The summed E-state index contributed by atoms with van der Waals surface area (Å²) < 4.78 is 5.50. The normalized spacial score (nSPS) is 12.6. The number of amides is 1. The topological polar surface area (TPSA) is 95.9 Å². The Balaban J connectivity index is 3.34. The highest BCUT2D eigenvalue weighted by molar-refractivity contribution is 5.76. The van der Waals surface area contributed by atoms with Gasteiger partial charge < -0.3 is 20.3 Å². The van der Waals surface area contributed by atoms with E-state index in [1.165, 1.54) is 392 Å². The predicted molar refractivity (Wildman–Crippen MR) is 403 cm³/mol. The van der Waals surface area contributed by atoms with Crippen LogP contribution >= 0.6 is 0 Å². The average Bonchev–Trinajstić information content (AvgIpc) is 3.75. The van der Waals surface area contributed by atoms with E-state index in [4.69, 9.17) is 4.74 Å². The summed E-state index contributed by atoms with van der Waals surface area (Å²) in [6, 6.07) is -0.625. The monoisotopic (exact) mass is 1280 g/mol. The lowest BCUT2D eigenvalue weighted by Crippen LogP contribution is -2.45. The number of rotatable bonds is 79. The van der Waals surface area contributed by atoms with Crippen molar-refractivity contribution >= 4 is 11.9 Å². The molecule has 1 amide bonds. The van der Waals surface area contributed by atoms with Crippen LogP contribution in [0.15, 0.2) is 36.5 Å². The molecule has 0 bridgehead atoms. The van der Waals surface area contributed by atoms with E-state index in [0.29, 0.717) is 19.4 Å². The minimum atomic E-state index is -0.842. The lowest BCUT2D eigenvalue weighted by atomic mass is 10.0. The molecule has 2 atom stereocenters. The zero-order valence-electron chi connectivity index (χ0n) is 61.9. The third kappa shape index (κ3) is 77.0. The number of carbonyl (C=O) groups is 2. The molecule has 0 saturated heterocycles. The fourth-order valence-corrected chi connectivity index (χ4v) is 13.3. The Kier molecular flexibility index (Phi) is 78.8. The zero-order chi connectivity index (χ0) is 65.6. The van der Waals surface area contributed by atoms with E-state index in [2.05, 4.69) is 43.5 Å². The van der Waals surface area contributed by atoms with E-state index in [0.717, 1.165) is 51.4 Å². The first-order valence-electron chi connectivity index (χ1n) is 41.8. The summed E-state index contributed by atoms with van der Waals surface area (Å²) in [5, 5.41) is 23.3. The van der Waals surface area contributed by atoms with Crippen LogP contribution in [0.25, 0.3) is 0 Å². The van der Waals surface area contributed by atoms with Gasteiger partial charge in [-0.15, -0.1) is 0 Å². The Morgan fingerprint density at radius 3 is 0.846 bits per heavy atom. The Hall–Kier alpha value is -1.92. The molecule has 0 heterocycles. The van der Waals surface area contributed by atoms with Gasteiger partial charge in [0.05, 0.1) is 25.4 Å². The summed E-state index contributed by atoms with van der Waals surface area (Å²) in [6.07, 6.45) is 106. The van der Waals surface area contributed by atoms with Crippen LogP contribution in [0.5, 0.6) is 0 Å². The van der Waals surface area contributed by atoms with Gasteiger partial charge in [-0.2, -0.15) is 0 Å². The van der Waals surface area contributed by atoms with Crippen LogP contribution in [-0.4, -0.2) is 47.4 Å². The lowest BCUT2D eigenvalue weighted by Gasteiger charge is -2.20. The Bertz CT molecular complexity index is 1470. The summed E-state index contributed by atoms with van der Waals surface area (Å²) >= 11 is 0. The number of hydrogen-bond acceptors (Lipinski definition) is 5. The number of unbranched alkanes of at least 4 members (excludes halogenated alkanes) is 64. The number of carbonyl (C=O) groups excluding carboxylic acids is 2. The summed E-state index contributed by atoms with van der Waals surface area (Å²) in [6.45, 7) is 4.93. The molecule has 3 N–H and O–H groups in total. The van der Waals surface area contributed by atoms with Gasteiger partial charge in [0.25, 0.3) is 0 Å². The number of allylic oxidation sites excluding steroid dienone is 5. The molecule has 0 aliphatic heterocycles. The molecule has 2 unspecified atom stereocenters. The van der Waals surface area contributed by atoms with Gasteiger partial charge >= 0.3 is 5.97 Å². The van der Waals surface area contributed by atoms with Crippen LogP contribution in [-0.2, 0) is 14.3 Å². The molecule has 0 aliphatic carbocycles. The molecule has 0 radical (unpaired) electrons. The second-order valence-corrected chi connectivity index (χ2v) is 28.8. The van der Waals surface area contributed by atoms with Crippen LogP contribution in [0.4, 0.5) is 0 Å². The van der Waals surface area contributed by atoms with Crippen LogP contribution in [0.3, 0.4) is 0 Å². The summed E-state index contributed by atoms with van der Waals surface area (Å²) in [4.78, 5) is 24.7. The third-order valence-corrected chi connectivity index (χ3v) is 19.7. The predicted octanol–water partition coefficient (Wildman–Crippen LogP) is 27.8. The quantitative estimate of drug-likeness (QED) is 0.0320. The maximum Gasteiger partial charge on any atom is 0.305 e. The van der Waals surface area contributed by atoms with Crippen LogP contribution in [0, 0.1) is 0 Å². The van der Waals surface area contributed by atoms with Crippen molar-refractivity contribution in [1.29, 1.82) is 0 Å². The molecule has 6 nitrogen and oxygen atoms in total. The van der Waals surface area contributed by atoms with Crippen LogP contribution in [0.1, 0.15) is 470 Å². The van der Waals surface area contributed by atoms with Crippen molar-refractivity contribution in [2.75, 3.05) is 13.2 Å². The SMILES string of the molecule is CCCCCC/C=C\C/C=C\CCCCCCCC(=O)OCCCCCCCCCCCCCCCCCCCCCCCCCCCCCCCCCCCCCC(=O)NC(CO)C(O)/C=C/CCCCCCCCCCCCCCCCCCCCCCC. The number of ether oxygens (including phenoxy) is 1. The van der Waals surface area contributed by atoms with E-state index in [1.807, 2.05) is 6.08 Å². The van der Waals surface area contributed by atoms with Gasteiger partial charge in [0, 0.05) is 12.8 Å². The van der Waals surface area contributed by atoms with Crippen molar-refractivity contribution in [1.82, 2.24) is 5.32 Å². The van der Waals surface area contributed by atoms with Crippen molar-refractivity contribution in [3.63, 3.8) is 0 Å². The van der Waals surface area contributed by atoms with Crippen LogP contribution in [0.2, 0.25) is 0 Å². The highest BCUT2D eigenvalue weighted by Crippen LogP contribution is 2.20. The number of aliphatic hydroxyl groups is 2. The van der Waals surface area contributed by atoms with E-state index >= 15 is 0 Å². The molecule has 0 fully saturated rings. The van der Waals surface area contributed by atoms with E-state index < -0.39 is 12.1 Å². The summed E-state index contributed by atoms with van der Waals surface area (Å²) in [5.41, 5.74) is 0. The Morgan fingerprint density at radius 1 is 0.308 bits per heavy atom. The first kappa shape index (κ1) is 89.1. The molecule has 0 aromatic heterocycles. The second kappa shape index (κ2) is 80.5. The first-order chi connectivity index (χ1) is 45.0. The molecule has 0 saturated carbocycles. The molecule has 91 heavy (non-hydrogen) atoms. The van der Waals surface area contributed by atoms with Gasteiger partial charge in [-0.3, -0.25) is 9.59 Å². The van der Waals surface area contributed by atoms with Gasteiger partial charge in [-0.25, -0.2) is 0 Å². The maximum atomic E-state index is 12.6. The number of hydrogen-bond donors (Lipinski definition) is 3. The highest BCUT2D eigenvalue weighted by atomic mass is 16.5. The minimum Gasteiger partial charge on any atom is -0.466 e. The number of esters is 1. The molecule has 0 spiro atoms. The van der Waals surface area contributed by atoms with Gasteiger partial charge in [-0.05, 0) is 64.2 Å². The number of aliphatic hydroxyl groups excluding tert-OH is 2. The molecule has 6 heteroatoms. The fraction of sp³-hybridized carbons (Fsp3) is 0.906. The van der Waals surface area contributed by atoms with Crippen molar-refractivity contribution in [3.8, 4) is 0 Å². The van der Waals surface area contributed by atoms with Crippen LogP contribution < -0.4 is 5.32 Å². The zero-order valence-corrected chi connectivity index (χ0v) is 61.9. The lowest BCUT2D eigenvalue weighted by molar-refractivity contribution is -0.143. The molecule has 538 valence electrons. The maximum absolute atomic E-state index is 12.6. The van der Waals surface area contributed by atoms with Crippen molar-refractivity contribution in [3.05, 3.63) is 36.5 Å². The van der Waals surface area contributed by atoms with Gasteiger partial charge in [0.15, 0.2) is 0 Å². The summed E-state index contributed by atoms with van der Waals surface area (Å²) in [7, 11) is 0. The van der Waals surface area contributed by atoms with E-state index in [1.54, 1.807) is 6.08 Å². The standard InChI is InChI=1S/C85H163NO5/c1-3-5-7-9-11-13-15-17-19-21-22-23-37-40-43-46-49-53-57-61-65-69-73-77-83(88)82(81-87)86-84(89)78-74-70-66-62-58-54-50-47-44-41-38-35-33-31-29-27-25-24-26-28-30-32-34-36-39-42-45-48-52-56-60-64-68-72-76-80-91-85(90)79-75-71-67-63-59-55-51-20-18-16-14-12-10-8-6-4-2/h14,16,20,51,73,77,82-83,87-88H,3-13,15,17-19,21-50,52-72,74-76,78-81H2,1-2H3,(H,86,89)/b16-14-,51-20-,77-73+. The first-order valence-corrected chi connectivity index (χ1v) is 41.8. The smallest absolute Gasteiger partial charge is 0.305 e. The molecule has 0 rings (SSSR count). The van der Waals surface area contributed by atoms with Gasteiger partial charge in [-0.1, -0.05) is 429 Å². The molecule has 0 aliphatic rings. The largest absolute Gasteiger partial charge is 0.466 e. The average molecular weight is 1280 g/mol. The van der Waals surface area contributed by atoms with E-state index in [9.17, 15) is 19.8 Å². The van der Waals surface area contributed by atoms with Crippen molar-refractivity contribution in [2.24, 2.45) is 0 Å².